The van der Waals surface area contributed by atoms with Crippen molar-refractivity contribution in [3.05, 3.63) is 23.8 Å². The van der Waals surface area contributed by atoms with Gasteiger partial charge in [0, 0.05) is 23.4 Å². The van der Waals surface area contributed by atoms with Gasteiger partial charge in [0.1, 0.15) is 5.75 Å². The largest absolute Gasteiger partial charge is 0.508 e. The second-order valence-electron chi connectivity index (χ2n) is 3.99. The van der Waals surface area contributed by atoms with Crippen molar-refractivity contribution in [1.29, 1.82) is 0 Å². The first-order valence-corrected chi connectivity index (χ1v) is 6.17. The molecular formula is C11H13NOS. The maximum atomic E-state index is 9.45. The molecule has 2 nitrogen and oxygen atoms in total. The molecule has 14 heavy (non-hydrogen) atoms. The third-order valence-electron chi connectivity index (χ3n) is 3.13. The first-order chi connectivity index (χ1) is 6.84. The average molecular weight is 207 g/mol. The Labute approximate surface area is 87.7 Å². The summed E-state index contributed by atoms with van der Waals surface area (Å²) in [5.41, 5.74) is 2.53. The number of anilines is 1. The van der Waals surface area contributed by atoms with E-state index in [1.807, 2.05) is 23.9 Å². The third kappa shape index (κ3) is 1.19. The molecule has 0 saturated carbocycles. The summed E-state index contributed by atoms with van der Waals surface area (Å²) in [7, 11) is 0. The number of hydrogen-bond donors (Lipinski definition) is 2. The minimum Gasteiger partial charge on any atom is -0.508 e. The first kappa shape index (κ1) is 8.48. The van der Waals surface area contributed by atoms with Crippen LogP contribution in [0.2, 0.25) is 0 Å². The maximum absolute atomic E-state index is 9.45. The number of fused-ring (bicyclic) bond motifs is 3. The summed E-state index contributed by atoms with van der Waals surface area (Å²) >= 11 is 2.02. The maximum Gasteiger partial charge on any atom is 0.116 e. The van der Waals surface area contributed by atoms with Crippen LogP contribution < -0.4 is 5.32 Å². The summed E-state index contributed by atoms with van der Waals surface area (Å²) in [5.74, 6) is 3.44. The van der Waals surface area contributed by atoms with Gasteiger partial charge in [-0.2, -0.15) is 11.8 Å². The Hall–Kier alpha value is -0.830. The van der Waals surface area contributed by atoms with E-state index in [-0.39, 0.29) is 0 Å². The Morgan fingerprint density at radius 2 is 2.36 bits per heavy atom. The molecule has 2 aliphatic rings. The fraction of sp³-hybridized carbons (Fsp3) is 0.455. The van der Waals surface area contributed by atoms with Crippen molar-refractivity contribution in [2.24, 2.45) is 0 Å². The van der Waals surface area contributed by atoms with Crippen molar-refractivity contribution < 1.29 is 5.11 Å². The molecule has 1 aromatic carbocycles. The molecule has 2 heterocycles. The Bertz CT molecular complexity index is 366. The lowest BCUT2D eigenvalue weighted by Crippen LogP contribution is -2.26. The van der Waals surface area contributed by atoms with Gasteiger partial charge in [-0.3, -0.25) is 0 Å². The molecule has 0 amide bonds. The Balaban J connectivity index is 2.02. The molecule has 0 radical (unpaired) electrons. The smallest absolute Gasteiger partial charge is 0.116 e. The molecule has 3 heteroatoms. The standard InChI is InChI=1S/C11H13NOS/c13-7-1-2-10-8(5-7)9-6-14-4-3-11(9)12-10/h1-2,5,9,11-13H,3-4,6H2. The predicted octanol–water partition coefficient (Wildman–Crippen LogP) is 2.41. The van der Waals surface area contributed by atoms with Gasteiger partial charge in [0.2, 0.25) is 0 Å². The van der Waals surface area contributed by atoms with Crippen LogP contribution in [0.25, 0.3) is 0 Å². The highest BCUT2D eigenvalue weighted by molar-refractivity contribution is 7.99. The Morgan fingerprint density at radius 1 is 1.43 bits per heavy atom. The summed E-state index contributed by atoms with van der Waals surface area (Å²) < 4.78 is 0. The lowest BCUT2D eigenvalue weighted by atomic mass is 9.95. The summed E-state index contributed by atoms with van der Waals surface area (Å²) in [4.78, 5) is 0. The normalized spacial score (nSPS) is 29.1. The molecule has 1 fully saturated rings. The molecule has 0 spiro atoms. The van der Waals surface area contributed by atoms with Crippen molar-refractivity contribution in [2.45, 2.75) is 18.4 Å². The van der Waals surface area contributed by atoms with E-state index in [9.17, 15) is 5.11 Å². The van der Waals surface area contributed by atoms with E-state index >= 15 is 0 Å². The van der Waals surface area contributed by atoms with E-state index in [2.05, 4.69) is 5.32 Å². The van der Waals surface area contributed by atoms with Gasteiger partial charge in [0.25, 0.3) is 0 Å². The molecule has 2 N–H and O–H groups in total. The number of phenolic OH excluding ortho intramolecular Hbond substituents is 1. The number of aromatic hydroxyl groups is 1. The summed E-state index contributed by atoms with van der Waals surface area (Å²) in [6.07, 6.45) is 1.24. The molecule has 1 aromatic rings. The second-order valence-corrected chi connectivity index (χ2v) is 5.14. The van der Waals surface area contributed by atoms with Crippen molar-refractivity contribution >= 4 is 17.4 Å². The number of phenols is 1. The minimum atomic E-state index is 0.391. The highest BCUT2D eigenvalue weighted by atomic mass is 32.2. The van der Waals surface area contributed by atoms with E-state index in [4.69, 9.17) is 0 Å². The molecule has 74 valence electrons. The van der Waals surface area contributed by atoms with Crippen molar-refractivity contribution in [2.75, 3.05) is 16.8 Å². The van der Waals surface area contributed by atoms with Gasteiger partial charge in [-0.25, -0.2) is 0 Å². The topological polar surface area (TPSA) is 32.3 Å². The van der Waals surface area contributed by atoms with Crippen LogP contribution in [0.3, 0.4) is 0 Å². The number of nitrogens with one attached hydrogen (secondary N) is 1. The van der Waals surface area contributed by atoms with Crippen LogP contribution in [0.4, 0.5) is 5.69 Å². The van der Waals surface area contributed by atoms with E-state index in [0.717, 1.165) is 0 Å². The molecule has 0 aliphatic carbocycles. The number of rotatable bonds is 0. The molecule has 2 aliphatic heterocycles. The summed E-state index contributed by atoms with van der Waals surface area (Å²) in [6.45, 7) is 0. The first-order valence-electron chi connectivity index (χ1n) is 5.02. The lowest BCUT2D eigenvalue weighted by Gasteiger charge is -2.24. The third-order valence-corrected chi connectivity index (χ3v) is 4.25. The van der Waals surface area contributed by atoms with Gasteiger partial charge in [0.05, 0.1) is 0 Å². The molecule has 1 saturated heterocycles. The van der Waals surface area contributed by atoms with E-state index in [1.54, 1.807) is 6.07 Å². The van der Waals surface area contributed by atoms with Crippen LogP contribution in [0, 0.1) is 0 Å². The molecule has 3 rings (SSSR count). The van der Waals surface area contributed by atoms with Crippen molar-refractivity contribution in [3.8, 4) is 5.75 Å². The molecular weight excluding hydrogens is 194 g/mol. The zero-order valence-electron chi connectivity index (χ0n) is 7.86. The fourth-order valence-corrected chi connectivity index (χ4v) is 3.66. The average Bonchev–Trinajstić information content (AvgIpc) is 2.56. The van der Waals surface area contributed by atoms with Gasteiger partial charge in [-0.1, -0.05) is 0 Å². The van der Waals surface area contributed by atoms with E-state index in [0.29, 0.717) is 17.7 Å². The lowest BCUT2D eigenvalue weighted by molar-refractivity contribution is 0.474. The van der Waals surface area contributed by atoms with Crippen LogP contribution in [-0.4, -0.2) is 22.7 Å². The van der Waals surface area contributed by atoms with Crippen LogP contribution in [0.1, 0.15) is 17.9 Å². The monoisotopic (exact) mass is 207 g/mol. The van der Waals surface area contributed by atoms with Crippen LogP contribution >= 0.6 is 11.8 Å². The van der Waals surface area contributed by atoms with Crippen LogP contribution in [0.15, 0.2) is 18.2 Å². The Kier molecular flexibility index (Phi) is 1.87. The summed E-state index contributed by atoms with van der Waals surface area (Å²) in [6, 6.07) is 6.27. The Morgan fingerprint density at radius 3 is 3.29 bits per heavy atom. The fourth-order valence-electron chi connectivity index (χ4n) is 2.41. The summed E-state index contributed by atoms with van der Waals surface area (Å²) in [5, 5.41) is 13.0. The van der Waals surface area contributed by atoms with E-state index in [1.165, 1.54) is 29.2 Å². The molecule has 2 atom stereocenters. The highest BCUT2D eigenvalue weighted by Crippen LogP contribution is 2.43. The van der Waals surface area contributed by atoms with Gasteiger partial charge >= 0.3 is 0 Å². The zero-order chi connectivity index (χ0) is 9.54. The van der Waals surface area contributed by atoms with Crippen LogP contribution in [-0.2, 0) is 0 Å². The quantitative estimate of drug-likeness (QED) is 0.641. The van der Waals surface area contributed by atoms with Crippen molar-refractivity contribution in [3.63, 3.8) is 0 Å². The molecule has 0 bridgehead atoms. The van der Waals surface area contributed by atoms with E-state index < -0.39 is 0 Å². The SMILES string of the molecule is Oc1ccc2c(c1)C1CSCCC1N2. The molecule has 2 unspecified atom stereocenters. The van der Waals surface area contributed by atoms with Gasteiger partial charge < -0.3 is 10.4 Å². The zero-order valence-corrected chi connectivity index (χ0v) is 8.68. The number of hydrogen-bond acceptors (Lipinski definition) is 3. The van der Waals surface area contributed by atoms with Crippen LogP contribution in [0.5, 0.6) is 5.75 Å². The van der Waals surface area contributed by atoms with Gasteiger partial charge in [-0.05, 0) is 35.9 Å². The second kappa shape index (κ2) is 3.09. The minimum absolute atomic E-state index is 0.391. The predicted molar refractivity (Wildman–Crippen MR) is 60.2 cm³/mol. The van der Waals surface area contributed by atoms with Gasteiger partial charge in [0.15, 0.2) is 0 Å². The highest BCUT2D eigenvalue weighted by Gasteiger charge is 2.34. The molecule has 0 aromatic heterocycles. The number of thioether (sulfide) groups is 1. The van der Waals surface area contributed by atoms with Gasteiger partial charge in [-0.15, -0.1) is 0 Å². The number of benzene rings is 1. The van der Waals surface area contributed by atoms with Crippen molar-refractivity contribution in [1.82, 2.24) is 0 Å².